The van der Waals surface area contributed by atoms with Crippen molar-refractivity contribution in [2.75, 3.05) is 6.61 Å². The number of hydrogen-bond donors (Lipinski definition) is 0. The van der Waals surface area contributed by atoms with Gasteiger partial charge in [-0.25, -0.2) is 9.79 Å². The van der Waals surface area contributed by atoms with Crippen LogP contribution in [-0.4, -0.2) is 17.1 Å². The number of carbonyl (C=O) groups excluding carboxylic acids is 1. The molecule has 31 heavy (non-hydrogen) atoms. The zero-order valence-corrected chi connectivity index (χ0v) is 18.3. The van der Waals surface area contributed by atoms with Gasteiger partial charge in [-0.3, -0.25) is 9.36 Å². The number of halogens is 1. The predicted octanol–water partition coefficient (Wildman–Crippen LogP) is 3.62. The van der Waals surface area contributed by atoms with Gasteiger partial charge in [-0.05, 0) is 36.3 Å². The fourth-order valence-corrected chi connectivity index (χ4v) is 4.63. The Morgan fingerprint density at radius 1 is 1.23 bits per heavy atom. The second kappa shape index (κ2) is 8.88. The molecule has 0 amide bonds. The molecule has 1 atom stereocenters. The summed E-state index contributed by atoms with van der Waals surface area (Å²) in [6, 6.07) is 16.0. The van der Waals surface area contributed by atoms with Crippen LogP contribution in [0, 0.1) is 0 Å². The lowest BCUT2D eigenvalue weighted by atomic mass is 9.96. The summed E-state index contributed by atoms with van der Waals surface area (Å²) in [6.45, 7) is 5.43. The predicted molar refractivity (Wildman–Crippen MR) is 123 cm³/mol. The molecule has 0 fully saturated rings. The van der Waals surface area contributed by atoms with Gasteiger partial charge in [0.05, 0.1) is 21.8 Å². The number of allylic oxidation sites excluding steroid dienone is 1. The average molecular weight is 451 g/mol. The molecule has 4 rings (SSSR count). The SMILES string of the molecule is C=CCOC(=O)C1=C(C)N=c2s/c(=C/c3ccc(Cl)cc3)c(=O)n2[C@H]1c1ccccc1. The first-order chi connectivity index (χ1) is 15.0. The third-order valence-electron chi connectivity index (χ3n) is 4.86. The van der Waals surface area contributed by atoms with Crippen LogP contribution in [0.2, 0.25) is 5.02 Å². The Morgan fingerprint density at radius 2 is 1.94 bits per heavy atom. The fraction of sp³-hybridized carbons (Fsp3) is 0.125. The van der Waals surface area contributed by atoms with E-state index in [2.05, 4.69) is 11.6 Å². The van der Waals surface area contributed by atoms with Crippen molar-refractivity contribution in [3.05, 3.63) is 114 Å². The molecule has 3 aromatic rings. The molecule has 1 aromatic heterocycles. The minimum Gasteiger partial charge on any atom is -0.458 e. The number of ether oxygens (including phenoxy) is 1. The molecule has 0 radical (unpaired) electrons. The number of fused-ring (bicyclic) bond motifs is 1. The molecule has 0 saturated carbocycles. The number of aromatic nitrogens is 1. The van der Waals surface area contributed by atoms with E-state index in [9.17, 15) is 9.59 Å². The van der Waals surface area contributed by atoms with Crippen molar-refractivity contribution in [3.8, 4) is 0 Å². The van der Waals surface area contributed by atoms with Crippen molar-refractivity contribution >= 4 is 35.0 Å². The molecule has 0 bridgehead atoms. The number of thiazole rings is 1. The zero-order chi connectivity index (χ0) is 22.0. The molecule has 5 nitrogen and oxygen atoms in total. The van der Waals surface area contributed by atoms with E-state index in [0.29, 0.717) is 25.6 Å². The van der Waals surface area contributed by atoms with Gasteiger partial charge in [0.15, 0.2) is 4.80 Å². The van der Waals surface area contributed by atoms with E-state index in [4.69, 9.17) is 16.3 Å². The summed E-state index contributed by atoms with van der Waals surface area (Å²) in [5.41, 5.74) is 2.32. The molecule has 0 spiro atoms. The van der Waals surface area contributed by atoms with Crippen LogP contribution in [0.15, 0.2) is 88.3 Å². The minimum atomic E-state index is -0.623. The molecule has 7 heteroatoms. The van der Waals surface area contributed by atoms with Crippen molar-refractivity contribution in [3.63, 3.8) is 0 Å². The highest BCUT2D eigenvalue weighted by Crippen LogP contribution is 2.30. The number of rotatable bonds is 5. The summed E-state index contributed by atoms with van der Waals surface area (Å²) in [5, 5.41) is 0.626. The van der Waals surface area contributed by atoms with Gasteiger partial charge in [0, 0.05) is 5.02 Å². The summed E-state index contributed by atoms with van der Waals surface area (Å²) < 4.78 is 7.41. The molecule has 156 valence electrons. The standard InChI is InChI=1S/C24H19ClN2O3S/c1-3-13-30-23(29)20-15(2)26-24-27(21(20)17-7-5-4-6-8-17)22(28)19(31-24)14-16-9-11-18(25)12-10-16/h3-12,14,21H,1,13H2,2H3/b19-14+/t21-/m0/s1. The van der Waals surface area contributed by atoms with E-state index < -0.39 is 12.0 Å². The smallest absolute Gasteiger partial charge is 0.338 e. The minimum absolute atomic E-state index is 0.0815. The maximum atomic E-state index is 13.4. The maximum Gasteiger partial charge on any atom is 0.338 e. The Kier molecular flexibility index (Phi) is 6.02. The van der Waals surface area contributed by atoms with Crippen molar-refractivity contribution in [2.45, 2.75) is 13.0 Å². The molecule has 1 aliphatic rings. The Morgan fingerprint density at radius 3 is 2.61 bits per heavy atom. The van der Waals surface area contributed by atoms with E-state index in [0.717, 1.165) is 11.1 Å². The van der Waals surface area contributed by atoms with Crippen LogP contribution in [0.1, 0.15) is 24.1 Å². The van der Waals surface area contributed by atoms with E-state index in [1.807, 2.05) is 42.5 Å². The molecule has 0 aliphatic carbocycles. The van der Waals surface area contributed by atoms with Crippen molar-refractivity contribution in [2.24, 2.45) is 4.99 Å². The van der Waals surface area contributed by atoms with E-state index in [1.54, 1.807) is 29.7 Å². The summed E-state index contributed by atoms with van der Waals surface area (Å²) in [5.74, 6) is -0.512. The maximum absolute atomic E-state index is 13.4. The second-order valence-corrected chi connectivity index (χ2v) is 8.38. The van der Waals surface area contributed by atoms with Gasteiger partial charge in [0.25, 0.3) is 5.56 Å². The van der Waals surface area contributed by atoms with Gasteiger partial charge in [-0.1, -0.05) is 78.1 Å². The largest absolute Gasteiger partial charge is 0.458 e. The van der Waals surface area contributed by atoms with Crippen LogP contribution in [0.5, 0.6) is 0 Å². The van der Waals surface area contributed by atoms with Gasteiger partial charge < -0.3 is 4.74 Å². The molecule has 0 unspecified atom stereocenters. The van der Waals surface area contributed by atoms with Crippen molar-refractivity contribution in [1.29, 1.82) is 0 Å². The number of nitrogens with zero attached hydrogens (tertiary/aromatic N) is 2. The van der Waals surface area contributed by atoms with E-state index in [1.165, 1.54) is 17.4 Å². The lowest BCUT2D eigenvalue weighted by molar-refractivity contribution is -0.138. The van der Waals surface area contributed by atoms with Crippen LogP contribution >= 0.6 is 22.9 Å². The van der Waals surface area contributed by atoms with E-state index >= 15 is 0 Å². The summed E-state index contributed by atoms with van der Waals surface area (Å²) in [4.78, 5) is 31.4. The molecule has 2 aromatic carbocycles. The quantitative estimate of drug-likeness (QED) is 0.440. The van der Waals surface area contributed by atoms with Gasteiger partial charge in [-0.15, -0.1) is 0 Å². The highest BCUT2D eigenvalue weighted by molar-refractivity contribution is 7.07. The van der Waals surface area contributed by atoms with Crippen LogP contribution in [0.4, 0.5) is 0 Å². The summed E-state index contributed by atoms with van der Waals surface area (Å²) >= 11 is 7.25. The van der Waals surface area contributed by atoms with Gasteiger partial charge in [0.1, 0.15) is 6.61 Å². The molecule has 2 heterocycles. The summed E-state index contributed by atoms with van der Waals surface area (Å²) in [6.07, 6.45) is 3.31. The lowest BCUT2D eigenvalue weighted by Gasteiger charge is -2.24. The first kappa shape index (κ1) is 21.0. The number of hydrogen-bond acceptors (Lipinski definition) is 5. The Hall–Kier alpha value is -3.22. The zero-order valence-electron chi connectivity index (χ0n) is 16.7. The van der Waals surface area contributed by atoms with Gasteiger partial charge >= 0.3 is 5.97 Å². The molecular weight excluding hydrogens is 432 g/mol. The normalized spacial score (nSPS) is 15.9. The molecule has 0 saturated heterocycles. The van der Waals surface area contributed by atoms with Crippen LogP contribution < -0.4 is 14.9 Å². The fourth-order valence-electron chi connectivity index (χ4n) is 3.46. The van der Waals surface area contributed by atoms with E-state index in [-0.39, 0.29) is 12.2 Å². The Balaban J connectivity index is 1.92. The number of esters is 1. The Bertz CT molecular complexity index is 1350. The number of benzene rings is 2. The highest BCUT2D eigenvalue weighted by Gasteiger charge is 2.33. The monoisotopic (exact) mass is 450 g/mol. The van der Waals surface area contributed by atoms with Crippen LogP contribution in [0.25, 0.3) is 6.08 Å². The molecule has 0 N–H and O–H groups in total. The third-order valence-corrected chi connectivity index (χ3v) is 6.09. The first-order valence-electron chi connectivity index (χ1n) is 9.60. The first-order valence-corrected chi connectivity index (χ1v) is 10.8. The Labute approximate surface area is 187 Å². The van der Waals surface area contributed by atoms with Gasteiger partial charge in [-0.2, -0.15) is 0 Å². The van der Waals surface area contributed by atoms with Crippen LogP contribution in [0.3, 0.4) is 0 Å². The number of carbonyl (C=O) groups is 1. The van der Waals surface area contributed by atoms with Crippen LogP contribution in [-0.2, 0) is 9.53 Å². The average Bonchev–Trinajstić information content (AvgIpc) is 3.07. The highest BCUT2D eigenvalue weighted by atomic mass is 35.5. The summed E-state index contributed by atoms with van der Waals surface area (Å²) in [7, 11) is 0. The molecular formula is C24H19ClN2O3S. The lowest BCUT2D eigenvalue weighted by Crippen LogP contribution is -2.39. The molecule has 1 aliphatic heterocycles. The van der Waals surface area contributed by atoms with Crippen molar-refractivity contribution < 1.29 is 9.53 Å². The third kappa shape index (κ3) is 4.17. The topological polar surface area (TPSA) is 60.7 Å². The van der Waals surface area contributed by atoms with Crippen molar-refractivity contribution in [1.82, 2.24) is 4.57 Å². The second-order valence-electron chi connectivity index (χ2n) is 6.93. The van der Waals surface area contributed by atoms with Gasteiger partial charge in [0.2, 0.25) is 0 Å².